The monoisotopic (exact) mass is 164 g/mol. The molecule has 0 saturated heterocycles. The zero-order valence-corrected chi connectivity index (χ0v) is 7.53. The summed E-state index contributed by atoms with van der Waals surface area (Å²) in [4.78, 5) is 0. The molecule has 1 saturated carbocycles. The maximum atomic E-state index is 4.12. The second kappa shape index (κ2) is 3.30. The minimum Gasteiger partial charge on any atom is -0.286 e. The molecule has 1 aliphatic carbocycles. The molecule has 1 heterocycles. The summed E-state index contributed by atoms with van der Waals surface area (Å²) in [6.45, 7) is 2.26. The molecule has 1 N–H and O–H groups in total. The summed E-state index contributed by atoms with van der Waals surface area (Å²) in [5.74, 6) is 2.58. The van der Waals surface area contributed by atoms with Crippen molar-refractivity contribution in [2.24, 2.45) is 22.9 Å². The van der Waals surface area contributed by atoms with Gasteiger partial charge in [0.1, 0.15) is 0 Å². The molecule has 2 nitrogen and oxygen atoms in total. The molecule has 0 unspecified atom stereocenters. The van der Waals surface area contributed by atoms with E-state index < -0.39 is 0 Å². The van der Waals surface area contributed by atoms with E-state index in [0.717, 1.165) is 17.8 Å². The van der Waals surface area contributed by atoms with E-state index in [1.807, 2.05) is 6.20 Å². The van der Waals surface area contributed by atoms with Crippen LogP contribution in [0.1, 0.15) is 26.2 Å². The highest BCUT2D eigenvalue weighted by molar-refractivity contribution is 5.65. The Morgan fingerprint density at radius 2 is 2.50 bits per heavy atom. The second-order valence-electron chi connectivity index (χ2n) is 3.74. The second-order valence-corrected chi connectivity index (χ2v) is 3.74. The van der Waals surface area contributed by atoms with Gasteiger partial charge in [-0.2, -0.15) is 5.10 Å². The summed E-state index contributed by atoms with van der Waals surface area (Å²) in [5, 5.41) is 4.12. The van der Waals surface area contributed by atoms with Gasteiger partial charge in [-0.15, -0.1) is 0 Å². The van der Waals surface area contributed by atoms with E-state index in [2.05, 4.69) is 29.7 Å². The predicted octanol–water partition coefficient (Wildman–Crippen LogP) is 2.14. The first-order chi connectivity index (χ1) is 5.93. The smallest absolute Gasteiger partial charge is 0.0283 e. The molecule has 2 heteroatoms. The molecule has 0 aromatic carbocycles. The maximum Gasteiger partial charge on any atom is 0.0283 e. The highest BCUT2D eigenvalue weighted by Crippen LogP contribution is 2.50. The molecule has 12 heavy (non-hydrogen) atoms. The topological polar surface area (TPSA) is 24.4 Å². The number of fused-ring (bicyclic) bond motifs is 1. The molecular formula is C10H16N2. The van der Waals surface area contributed by atoms with Gasteiger partial charge in [0.25, 0.3) is 0 Å². The lowest BCUT2D eigenvalue weighted by molar-refractivity contribution is 0.635. The largest absolute Gasteiger partial charge is 0.286 e. The Labute approximate surface area is 73.7 Å². The molecule has 1 fully saturated rings. The fourth-order valence-electron chi connectivity index (χ4n) is 2.22. The van der Waals surface area contributed by atoms with Gasteiger partial charge >= 0.3 is 0 Å². The average molecular weight is 164 g/mol. The van der Waals surface area contributed by atoms with Gasteiger partial charge in [-0.3, -0.25) is 5.43 Å². The van der Waals surface area contributed by atoms with Gasteiger partial charge in [0.15, 0.2) is 0 Å². The normalized spacial score (nSPS) is 43.2. The Balaban J connectivity index is 1.94. The third-order valence-corrected chi connectivity index (χ3v) is 2.94. The van der Waals surface area contributed by atoms with Crippen molar-refractivity contribution >= 4 is 6.21 Å². The van der Waals surface area contributed by atoms with Gasteiger partial charge in [-0.25, -0.2) is 0 Å². The van der Waals surface area contributed by atoms with Crippen molar-refractivity contribution in [3.05, 3.63) is 12.3 Å². The molecule has 0 aromatic heterocycles. The van der Waals surface area contributed by atoms with Gasteiger partial charge in [0, 0.05) is 18.3 Å². The Bertz CT molecular complexity index is 208. The van der Waals surface area contributed by atoms with Gasteiger partial charge in [0.05, 0.1) is 0 Å². The molecule has 0 radical (unpaired) electrons. The summed E-state index contributed by atoms with van der Waals surface area (Å²) in [5.41, 5.74) is 2.90. The van der Waals surface area contributed by atoms with Crippen LogP contribution in [0.2, 0.25) is 0 Å². The summed E-state index contributed by atoms with van der Waals surface area (Å²) < 4.78 is 0. The van der Waals surface area contributed by atoms with E-state index in [9.17, 15) is 0 Å². The number of nitrogens with one attached hydrogen (secondary N) is 1. The first kappa shape index (κ1) is 7.84. The van der Waals surface area contributed by atoms with E-state index in [4.69, 9.17) is 0 Å². The molecule has 3 atom stereocenters. The fourth-order valence-corrected chi connectivity index (χ4v) is 2.22. The highest BCUT2D eigenvalue weighted by atomic mass is 15.3. The summed E-state index contributed by atoms with van der Waals surface area (Å²) in [6.07, 6.45) is 10.1. The number of hydrogen-bond acceptors (Lipinski definition) is 2. The van der Waals surface area contributed by atoms with Crippen molar-refractivity contribution in [3.8, 4) is 0 Å². The van der Waals surface area contributed by atoms with Crippen LogP contribution in [0, 0.1) is 17.8 Å². The van der Waals surface area contributed by atoms with E-state index in [-0.39, 0.29) is 0 Å². The van der Waals surface area contributed by atoms with Crippen molar-refractivity contribution in [2.45, 2.75) is 26.2 Å². The molecule has 2 rings (SSSR count). The first-order valence-electron chi connectivity index (χ1n) is 4.87. The van der Waals surface area contributed by atoms with Crippen LogP contribution in [0.4, 0.5) is 0 Å². The molecule has 0 amide bonds. The predicted molar refractivity (Wildman–Crippen MR) is 50.8 cm³/mol. The van der Waals surface area contributed by atoms with Gasteiger partial charge < -0.3 is 0 Å². The highest BCUT2D eigenvalue weighted by Gasteiger charge is 2.47. The zero-order valence-electron chi connectivity index (χ0n) is 7.53. The maximum absolute atomic E-state index is 4.12. The molecular weight excluding hydrogens is 148 g/mol. The average Bonchev–Trinajstić information content (AvgIpc) is 2.61. The number of allylic oxidation sites excluding steroid dienone is 1. The molecule has 66 valence electrons. The lowest BCUT2D eigenvalue weighted by Crippen LogP contribution is -1.98. The Morgan fingerprint density at radius 1 is 1.58 bits per heavy atom. The zero-order chi connectivity index (χ0) is 8.39. The SMILES string of the molecule is CCC[C@@H]1[C@H]2/C=N/N/C=C/C[C@H]21. The van der Waals surface area contributed by atoms with Crippen LogP contribution >= 0.6 is 0 Å². The third-order valence-electron chi connectivity index (χ3n) is 2.94. The molecule has 1 aliphatic heterocycles. The quantitative estimate of drug-likeness (QED) is 0.664. The van der Waals surface area contributed by atoms with Crippen molar-refractivity contribution in [3.63, 3.8) is 0 Å². The first-order valence-corrected chi connectivity index (χ1v) is 4.87. The van der Waals surface area contributed by atoms with E-state index in [1.54, 1.807) is 0 Å². The van der Waals surface area contributed by atoms with E-state index in [1.165, 1.54) is 19.3 Å². The van der Waals surface area contributed by atoms with Crippen LogP contribution < -0.4 is 5.43 Å². The number of hydrogen-bond donors (Lipinski definition) is 1. The van der Waals surface area contributed by atoms with Gasteiger partial charge in [-0.1, -0.05) is 19.4 Å². The summed E-state index contributed by atoms with van der Waals surface area (Å²) >= 11 is 0. The van der Waals surface area contributed by atoms with E-state index >= 15 is 0 Å². The molecule has 2 aliphatic rings. The number of rotatable bonds is 2. The summed E-state index contributed by atoms with van der Waals surface area (Å²) in [7, 11) is 0. The standard InChI is InChI=1S/C10H16N2/c1-2-4-8-9-5-3-6-11-12-7-10(8)9/h3,6-11H,2,4-5H2,1H3/b6-3+,12-7+/t8-,9-,10+/m0/s1. The molecule has 0 aromatic rings. The van der Waals surface area contributed by atoms with Crippen LogP contribution in [0.15, 0.2) is 17.4 Å². The van der Waals surface area contributed by atoms with Crippen LogP contribution in [0.3, 0.4) is 0 Å². The third kappa shape index (κ3) is 1.38. The van der Waals surface area contributed by atoms with Crippen molar-refractivity contribution in [2.75, 3.05) is 0 Å². The fraction of sp³-hybridized carbons (Fsp3) is 0.700. The van der Waals surface area contributed by atoms with Crippen molar-refractivity contribution < 1.29 is 0 Å². The minimum absolute atomic E-state index is 0.766. The number of nitrogens with zero attached hydrogens (tertiary/aromatic N) is 1. The molecule has 0 bridgehead atoms. The lowest BCUT2D eigenvalue weighted by Gasteiger charge is -1.94. The number of hydrazone groups is 1. The summed E-state index contributed by atoms with van der Waals surface area (Å²) in [6, 6.07) is 0. The Morgan fingerprint density at radius 3 is 3.33 bits per heavy atom. The van der Waals surface area contributed by atoms with E-state index in [0.29, 0.717) is 0 Å². The van der Waals surface area contributed by atoms with Crippen LogP contribution in [-0.2, 0) is 0 Å². The molecule has 0 spiro atoms. The Hall–Kier alpha value is -0.790. The van der Waals surface area contributed by atoms with Gasteiger partial charge in [0.2, 0.25) is 0 Å². The minimum atomic E-state index is 0.766. The van der Waals surface area contributed by atoms with Crippen molar-refractivity contribution in [1.29, 1.82) is 0 Å². The van der Waals surface area contributed by atoms with Crippen LogP contribution in [0.25, 0.3) is 0 Å². The van der Waals surface area contributed by atoms with Gasteiger partial charge in [-0.05, 0) is 24.7 Å². The van der Waals surface area contributed by atoms with Crippen LogP contribution in [0.5, 0.6) is 0 Å². The Kier molecular flexibility index (Phi) is 2.15. The van der Waals surface area contributed by atoms with Crippen molar-refractivity contribution in [1.82, 2.24) is 5.43 Å². The van der Waals surface area contributed by atoms with Crippen LogP contribution in [-0.4, -0.2) is 6.21 Å². The lowest BCUT2D eigenvalue weighted by atomic mass is 10.1.